The lowest BCUT2D eigenvalue weighted by molar-refractivity contribution is 0.136. The van der Waals surface area contributed by atoms with E-state index in [1.165, 1.54) is 44.9 Å². The average molecular weight is 307 g/mol. The lowest BCUT2D eigenvalue weighted by Crippen LogP contribution is -2.32. The van der Waals surface area contributed by atoms with Crippen LogP contribution in [0.3, 0.4) is 0 Å². The summed E-state index contributed by atoms with van der Waals surface area (Å²) in [6, 6.07) is 0. The minimum atomic E-state index is 0.0694. The molecule has 0 atom stereocenters. The molecule has 0 aliphatic carbocycles. The van der Waals surface area contributed by atoms with E-state index in [9.17, 15) is 0 Å². The van der Waals surface area contributed by atoms with Gasteiger partial charge in [-0.05, 0) is 6.42 Å². The van der Waals surface area contributed by atoms with Crippen LogP contribution in [0.25, 0.3) is 0 Å². The van der Waals surface area contributed by atoms with E-state index in [-0.39, 0.29) is 19.8 Å². The molecule has 0 bridgehead atoms. The Bertz CT molecular complexity index is 148. The molecule has 0 rings (SSSR count). The predicted octanol–water partition coefficient (Wildman–Crippen LogP) is 1.38. The second-order valence-corrected chi connectivity index (χ2v) is 5.21. The van der Waals surface area contributed by atoms with Crippen molar-refractivity contribution in [1.29, 1.82) is 0 Å². The topological polar surface area (TPSA) is 84.2 Å². The van der Waals surface area contributed by atoms with Gasteiger partial charge in [-0.2, -0.15) is 0 Å². The summed E-state index contributed by atoms with van der Waals surface area (Å²) in [6.45, 7) is 4.37. The molecule has 4 N–H and O–H groups in total. The molecule has 0 radical (unpaired) electrons. The molecule has 0 aliphatic heterocycles. The second kappa shape index (κ2) is 22.1. The summed E-state index contributed by atoms with van der Waals surface area (Å²) in [7, 11) is 0. The number of nitrogens with zero attached hydrogens (tertiary/aromatic N) is 1. The van der Waals surface area contributed by atoms with Gasteiger partial charge in [0.05, 0.1) is 19.8 Å². The molecular formula is C16H37NO4. The fourth-order valence-corrected chi connectivity index (χ4v) is 2.01. The molecule has 21 heavy (non-hydrogen) atoms. The minimum Gasteiger partial charge on any atom is -0.396 e. The predicted molar refractivity (Wildman–Crippen MR) is 87.4 cm³/mol. The SMILES string of the molecule is CCCCCCCCCCO.OCCN(CCO)CCO. The van der Waals surface area contributed by atoms with Crippen LogP contribution in [0.15, 0.2) is 0 Å². The summed E-state index contributed by atoms with van der Waals surface area (Å²) in [4.78, 5) is 1.79. The highest BCUT2D eigenvalue weighted by Crippen LogP contribution is 2.07. The first-order chi connectivity index (χ1) is 10.3. The molecule has 5 nitrogen and oxygen atoms in total. The van der Waals surface area contributed by atoms with Crippen molar-refractivity contribution < 1.29 is 20.4 Å². The maximum atomic E-state index is 8.51. The summed E-state index contributed by atoms with van der Waals surface area (Å²) in [5.41, 5.74) is 0. The number of aliphatic hydroxyl groups is 4. The lowest BCUT2D eigenvalue weighted by Gasteiger charge is -2.17. The van der Waals surface area contributed by atoms with Gasteiger partial charge in [-0.15, -0.1) is 0 Å². The zero-order valence-electron chi connectivity index (χ0n) is 13.8. The third-order valence-electron chi connectivity index (χ3n) is 3.26. The third kappa shape index (κ3) is 22.2. The van der Waals surface area contributed by atoms with E-state index in [4.69, 9.17) is 20.4 Å². The minimum absolute atomic E-state index is 0.0694. The molecule has 0 aliphatic rings. The Morgan fingerprint density at radius 3 is 1.24 bits per heavy atom. The van der Waals surface area contributed by atoms with Crippen molar-refractivity contribution >= 4 is 0 Å². The van der Waals surface area contributed by atoms with Crippen molar-refractivity contribution in [2.24, 2.45) is 0 Å². The smallest absolute Gasteiger partial charge is 0.0558 e. The molecule has 0 amide bonds. The van der Waals surface area contributed by atoms with Gasteiger partial charge in [0.15, 0.2) is 0 Å². The fourth-order valence-electron chi connectivity index (χ4n) is 2.01. The van der Waals surface area contributed by atoms with Crippen LogP contribution in [0.4, 0.5) is 0 Å². The molecule has 5 heteroatoms. The molecule has 0 fully saturated rings. The number of rotatable bonds is 14. The van der Waals surface area contributed by atoms with Gasteiger partial charge in [-0.25, -0.2) is 0 Å². The van der Waals surface area contributed by atoms with Gasteiger partial charge in [0.2, 0.25) is 0 Å². The highest BCUT2D eigenvalue weighted by molar-refractivity contribution is 4.54. The normalized spacial score (nSPS) is 10.6. The number of unbranched alkanes of at least 4 members (excludes halogenated alkanes) is 7. The van der Waals surface area contributed by atoms with Crippen molar-refractivity contribution in [3.63, 3.8) is 0 Å². The van der Waals surface area contributed by atoms with Crippen molar-refractivity contribution in [3.8, 4) is 0 Å². The third-order valence-corrected chi connectivity index (χ3v) is 3.26. The fraction of sp³-hybridized carbons (Fsp3) is 1.00. The molecule has 130 valence electrons. The first-order valence-corrected chi connectivity index (χ1v) is 8.42. The lowest BCUT2D eigenvalue weighted by atomic mass is 10.1. The van der Waals surface area contributed by atoms with E-state index in [2.05, 4.69) is 6.92 Å². The molecule has 0 unspecified atom stereocenters. The maximum absolute atomic E-state index is 8.51. The van der Waals surface area contributed by atoms with Crippen LogP contribution in [0.1, 0.15) is 58.3 Å². The maximum Gasteiger partial charge on any atom is 0.0558 e. The Balaban J connectivity index is 0. The van der Waals surface area contributed by atoms with Crippen LogP contribution >= 0.6 is 0 Å². The number of hydrogen-bond acceptors (Lipinski definition) is 5. The van der Waals surface area contributed by atoms with Crippen molar-refractivity contribution in [2.75, 3.05) is 46.1 Å². The van der Waals surface area contributed by atoms with Crippen LogP contribution in [0.5, 0.6) is 0 Å². The highest BCUT2D eigenvalue weighted by atomic mass is 16.3. The summed E-state index contributed by atoms with van der Waals surface area (Å²) in [6.07, 6.45) is 10.4. The van der Waals surface area contributed by atoms with E-state index in [1.54, 1.807) is 4.90 Å². The van der Waals surface area contributed by atoms with Gasteiger partial charge in [-0.1, -0.05) is 51.9 Å². The van der Waals surface area contributed by atoms with E-state index in [1.807, 2.05) is 0 Å². The van der Waals surface area contributed by atoms with Gasteiger partial charge in [0.1, 0.15) is 0 Å². The first-order valence-electron chi connectivity index (χ1n) is 8.42. The highest BCUT2D eigenvalue weighted by Gasteiger charge is 2.00. The van der Waals surface area contributed by atoms with Crippen LogP contribution in [0.2, 0.25) is 0 Å². The van der Waals surface area contributed by atoms with Gasteiger partial charge < -0.3 is 20.4 Å². The zero-order chi connectivity index (χ0) is 16.2. The monoisotopic (exact) mass is 307 g/mol. The average Bonchev–Trinajstić information content (AvgIpc) is 2.48. The molecule has 0 aromatic rings. The van der Waals surface area contributed by atoms with Crippen molar-refractivity contribution in [1.82, 2.24) is 4.90 Å². The first kappa shape index (κ1) is 23.1. The molecule has 0 saturated carbocycles. The van der Waals surface area contributed by atoms with Gasteiger partial charge in [-0.3, -0.25) is 4.90 Å². The summed E-state index contributed by atoms with van der Waals surface area (Å²) < 4.78 is 0. The second-order valence-electron chi connectivity index (χ2n) is 5.21. The summed E-state index contributed by atoms with van der Waals surface area (Å²) >= 11 is 0. The molecule has 0 aromatic heterocycles. The molecule has 0 saturated heterocycles. The summed E-state index contributed by atoms with van der Waals surface area (Å²) in [5, 5.41) is 34.0. The van der Waals surface area contributed by atoms with Crippen LogP contribution in [-0.2, 0) is 0 Å². The van der Waals surface area contributed by atoms with Crippen molar-refractivity contribution in [3.05, 3.63) is 0 Å². The standard InChI is InChI=1S/C10H22O.C6H15NO3/c1-2-3-4-5-6-7-8-9-10-11;8-4-1-7(2-5-9)3-6-10/h11H,2-10H2,1H3;8-10H,1-6H2. The molecule has 0 heterocycles. The molecule has 0 aromatic carbocycles. The van der Waals surface area contributed by atoms with Gasteiger partial charge in [0.25, 0.3) is 0 Å². The Hall–Kier alpha value is -0.200. The number of hydrogen-bond donors (Lipinski definition) is 4. The summed E-state index contributed by atoms with van der Waals surface area (Å²) in [5.74, 6) is 0. The Kier molecular flexibility index (Phi) is 24.3. The van der Waals surface area contributed by atoms with E-state index < -0.39 is 0 Å². The van der Waals surface area contributed by atoms with E-state index in [0.29, 0.717) is 26.2 Å². The largest absolute Gasteiger partial charge is 0.396 e. The quantitative estimate of drug-likeness (QED) is 0.364. The molecule has 0 spiro atoms. The van der Waals surface area contributed by atoms with Crippen LogP contribution in [0, 0.1) is 0 Å². The van der Waals surface area contributed by atoms with E-state index >= 15 is 0 Å². The van der Waals surface area contributed by atoms with Gasteiger partial charge in [0, 0.05) is 26.2 Å². The Morgan fingerprint density at radius 1 is 0.524 bits per heavy atom. The van der Waals surface area contributed by atoms with Crippen LogP contribution < -0.4 is 0 Å². The Morgan fingerprint density at radius 2 is 0.905 bits per heavy atom. The molecular weight excluding hydrogens is 270 g/mol. The number of aliphatic hydroxyl groups excluding tert-OH is 4. The van der Waals surface area contributed by atoms with E-state index in [0.717, 1.165) is 6.42 Å². The van der Waals surface area contributed by atoms with Crippen molar-refractivity contribution in [2.45, 2.75) is 58.3 Å². The Labute approximate surface area is 130 Å². The zero-order valence-corrected chi connectivity index (χ0v) is 13.8. The van der Waals surface area contributed by atoms with Crippen LogP contribution in [-0.4, -0.2) is 71.4 Å². The van der Waals surface area contributed by atoms with Gasteiger partial charge >= 0.3 is 0 Å².